The minimum absolute atomic E-state index is 0.131. The molecule has 0 bridgehead atoms. The Hall–Kier alpha value is -2.77. The number of benzene rings is 3. The van der Waals surface area contributed by atoms with Gasteiger partial charge in [-0.1, -0.05) is 41.9 Å². The van der Waals surface area contributed by atoms with Gasteiger partial charge in [-0.2, -0.15) is 0 Å². The fourth-order valence-corrected chi connectivity index (χ4v) is 5.49. The SMILES string of the molecule is Cc1c(Cl)cccc1S(=O)(=O)Nc1ccc(N2CC[C@H](C(=O)O)C2)c2ccccc12. The normalized spacial score (nSPS) is 16.7. The van der Waals surface area contributed by atoms with Crippen LogP contribution in [-0.4, -0.2) is 32.6 Å². The molecule has 0 spiro atoms. The van der Waals surface area contributed by atoms with Crippen molar-refractivity contribution < 1.29 is 18.3 Å². The maximum Gasteiger partial charge on any atom is 0.308 e. The molecule has 1 aliphatic heterocycles. The lowest BCUT2D eigenvalue weighted by atomic mass is 10.1. The van der Waals surface area contributed by atoms with E-state index in [4.69, 9.17) is 11.6 Å². The van der Waals surface area contributed by atoms with Gasteiger partial charge in [0.25, 0.3) is 10.0 Å². The fraction of sp³-hybridized carbons (Fsp3) is 0.227. The van der Waals surface area contributed by atoms with Crippen LogP contribution in [0, 0.1) is 12.8 Å². The summed E-state index contributed by atoms with van der Waals surface area (Å²) < 4.78 is 28.8. The van der Waals surface area contributed by atoms with Gasteiger partial charge in [-0.05, 0) is 43.2 Å². The van der Waals surface area contributed by atoms with Crippen LogP contribution in [0.15, 0.2) is 59.5 Å². The first-order valence-electron chi connectivity index (χ1n) is 9.55. The van der Waals surface area contributed by atoms with Gasteiger partial charge in [-0.25, -0.2) is 8.42 Å². The van der Waals surface area contributed by atoms with Crippen molar-refractivity contribution in [3.8, 4) is 0 Å². The summed E-state index contributed by atoms with van der Waals surface area (Å²) in [7, 11) is -3.84. The molecule has 1 atom stereocenters. The first-order chi connectivity index (χ1) is 14.3. The molecule has 6 nitrogen and oxygen atoms in total. The number of nitrogens with one attached hydrogen (secondary N) is 1. The minimum Gasteiger partial charge on any atom is -0.481 e. The first kappa shape index (κ1) is 20.5. The highest BCUT2D eigenvalue weighted by molar-refractivity contribution is 7.92. The minimum atomic E-state index is -3.84. The lowest BCUT2D eigenvalue weighted by molar-refractivity contribution is -0.140. The lowest BCUT2D eigenvalue weighted by Gasteiger charge is -2.22. The Morgan fingerprint density at radius 1 is 1.10 bits per heavy atom. The van der Waals surface area contributed by atoms with Crippen LogP contribution in [0.3, 0.4) is 0 Å². The monoisotopic (exact) mass is 444 g/mol. The Bertz CT molecular complexity index is 1240. The van der Waals surface area contributed by atoms with Crippen LogP contribution < -0.4 is 9.62 Å². The van der Waals surface area contributed by atoms with Crippen molar-refractivity contribution in [3.05, 3.63) is 65.2 Å². The highest BCUT2D eigenvalue weighted by Gasteiger charge is 2.29. The zero-order valence-corrected chi connectivity index (χ0v) is 17.9. The second kappa shape index (κ2) is 7.81. The number of hydrogen-bond donors (Lipinski definition) is 2. The van der Waals surface area contributed by atoms with Crippen LogP contribution in [0.25, 0.3) is 10.8 Å². The number of halogens is 1. The van der Waals surface area contributed by atoms with Crippen LogP contribution in [0.1, 0.15) is 12.0 Å². The lowest BCUT2D eigenvalue weighted by Crippen LogP contribution is -2.23. The van der Waals surface area contributed by atoms with E-state index in [1.54, 1.807) is 25.1 Å². The molecule has 1 fully saturated rings. The van der Waals surface area contributed by atoms with Crippen LogP contribution in [0.5, 0.6) is 0 Å². The van der Waals surface area contributed by atoms with Crippen LogP contribution in [0.4, 0.5) is 11.4 Å². The van der Waals surface area contributed by atoms with Crippen molar-refractivity contribution >= 4 is 49.7 Å². The summed E-state index contributed by atoms with van der Waals surface area (Å²) in [5.41, 5.74) is 1.85. The molecular formula is C22H21ClN2O4S. The molecule has 0 unspecified atom stereocenters. The third-order valence-corrected chi connectivity index (χ3v) is 7.45. The van der Waals surface area contributed by atoms with Crippen molar-refractivity contribution in [1.29, 1.82) is 0 Å². The largest absolute Gasteiger partial charge is 0.481 e. The van der Waals surface area contributed by atoms with Crippen LogP contribution in [-0.2, 0) is 14.8 Å². The number of aliphatic carboxylic acids is 1. The first-order valence-corrected chi connectivity index (χ1v) is 11.4. The number of carbonyl (C=O) groups is 1. The van der Waals surface area contributed by atoms with Crippen LogP contribution in [0.2, 0.25) is 5.02 Å². The number of carboxylic acids is 1. The summed E-state index contributed by atoms with van der Waals surface area (Å²) in [5, 5.41) is 11.3. The standard InChI is InChI=1S/C22H21ClN2O4S/c1-14-18(23)7-4-8-21(14)30(28,29)24-19-9-10-20(17-6-3-2-5-16(17)19)25-12-11-15(13-25)22(26)27/h2-10,15,24H,11-13H2,1H3,(H,26,27)/t15-/m0/s1. The van der Waals surface area contributed by atoms with E-state index in [0.717, 1.165) is 16.5 Å². The predicted octanol–water partition coefficient (Wildman–Crippen LogP) is 4.51. The van der Waals surface area contributed by atoms with E-state index in [1.807, 2.05) is 35.2 Å². The Labute approximate surface area is 180 Å². The summed E-state index contributed by atoms with van der Waals surface area (Å²) in [6.45, 7) is 2.75. The molecule has 2 N–H and O–H groups in total. The van der Waals surface area contributed by atoms with Crippen molar-refractivity contribution in [3.63, 3.8) is 0 Å². The fourth-order valence-electron chi connectivity index (χ4n) is 3.91. The summed E-state index contributed by atoms with van der Waals surface area (Å²) in [6, 6.07) is 15.9. The van der Waals surface area contributed by atoms with Gasteiger partial charge < -0.3 is 10.0 Å². The van der Waals surface area contributed by atoms with E-state index in [-0.39, 0.29) is 4.90 Å². The molecule has 156 valence electrons. The topological polar surface area (TPSA) is 86.7 Å². The molecule has 8 heteroatoms. The number of carboxylic acid groups (broad SMARTS) is 1. The third kappa shape index (κ3) is 3.70. The molecule has 3 aromatic rings. The molecule has 0 aromatic heterocycles. The van der Waals surface area contributed by atoms with Gasteiger partial charge in [0, 0.05) is 34.6 Å². The van der Waals surface area contributed by atoms with E-state index < -0.39 is 21.9 Å². The number of nitrogens with zero attached hydrogens (tertiary/aromatic N) is 1. The molecule has 0 amide bonds. The molecule has 0 radical (unpaired) electrons. The maximum absolute atomic E-state index is 13.0. The van der Waals surface area contributed by atoms with Crippen molar-refractivity contribution in [1.82, 2.24) is 0 Å². The second-order valence-electron chi connectivity index (χ2n) is 7.42. The number of anilines is 2. The van der Waals surface area contributed by atoms with E-state index in [2.05, 4.69) is 4.72 Å². The van der Waals surface area contributed by atoms with Crippen molar-refractivity contribution in [2.75, 3.05) is 22.7 Å². The quantitative estimate of drug-likeness (QED) is 0.604. The van der Waals surface area contributed by atoms with Crippen LogP contribution >= 0.6 is 11.6 Å². The van der Waals surface area contributed by atoms with Gasteiger partial charge in [0.1, 0.15) is 0 Å². The maximum atomic E-state index is 13.0. The highest BCUT2D eigenvalue weighted by Crippen LogP contribution is 2.36. The molecule has 0 saturated carbocycles. The van der Waals surface area contributed by atoms with Crippen molar-refractivity contribution in [2.24, 2.45) is 5.92 Å². The average Bonchev–Trinajstić information content (AvgIpc) is 3.20. The van der Waals surface area contributed by atoms with Gasteiger partial charge in [0.2, 0.25) is 0 Å². The Morgan fingerprint density at radius 3 is 2.53 bits per heavy atom. The molecule has 1 aliphatic rings. The van der Waals surface area contributed by atoms with Gasteiger partial charge in [-0.15, -0.1) is 0 Å². The van der Waals surface area contributed by atoms with Gasteiger partial charge in [0.15, 0.2) is 0 Å². The molecule has 3 aromatic carbocycles. The zero-order chi connectivity index (χ0) is 21.5. The average molecular weight is 445 g/mol. The molecule has 1 saturated heterocycles. The van der Waals surface area contributed by atoms with E-state index in [9.17, 15) is 18.3 Å². The number of fused-ring (bicyclic) bond motifs is 1. The van der Waals surface area contributed by atoms with Crippen molar-refractivity contribution in [2.45, 2.75) is 18.2 Å². The predicted molar refractivity (Wildman–Crippen MR) is 119 cm³/mol. The molecule has 4 rings (SSSR count). The second-order valence-corrected chi connectivity index (χ2v) is 9.47. The van der Waals surface area contributed by atoms with E-state index in [0.29, 0.717) is 35.8 Å². The third-order valence-electron chi connectivity index (χ3n) is 5.53. The Kier molecular flexibility index (Phi) is 5.34. The van der Waals surface area contributed by atoms with E-state index >= 15 is 0 Å². The highest BCUT2D eigenvalue weighted by atomic mass is 35.5. The molecule has 1 heterocycles. The summed E-state index contributed by atoms with van der Waals surface area (Å²) in [4.78, 5) is 13.5. The summed E-state index contributed by atoms with van der Waals surface area (Å²) >= 11 is 6.11. The molecule has 0 aliphatic carbocycles. The number of sulfonamides is 1. The zero-order valence-electron chi connectivity index (χ0n) is 16.3. The molecule has 30 heavy (non-hydrogen) atoms. The van der Waals surface area contributed by atoms with Gasteiger partial charge in [-0.3, -0.25) is 9.52 Å². The smallest absolute Gasteiger partial charge is 0.308 e. The Morgan fingerprint density at radius 2 is 1.83 bits per heavy atom. The van der Waals surface area contributed by atoms with E-state index in [1.165, 1.54) is 6.07 Å². The molecular weight excluding hydrogens is 424 g/mol. The summed E-state index contributed by atoms with van der Waals surface area (Å²) in [5.74, 6) is -1.18. The summed E-state index contributed by atoms with van der Waals surface area (Å²) in [6.07, 6.45) is 0.589. The number of hydrogen-bond acceptors (Lipinski definition) is 4. The Balaban J connectivity index is 1.73. The van der Waals surface area contributed by atoms with Gasteiger partial charge >= 0.3 is 5.97 Å². The number of rotatable bonds is 5. The van der Waals surface area contributed by atoms with Gasteiger partial charge in [0.05, 0.1) is 16.5 Å².